The number of nitrogens with zero attached hydrogens (tertiary/aromatic N) is 3. The molecule has 5 nitrogen and oxygen atoms in total. The smallest absolute Gasteiger partial charge is 0.230 e. The van der Waals surface area contributed by atoms with Gasteiger partial charge >= 0.3 is 0 Å². The highest BCUT2D eigenvalue weighted by Gasteiger charge is 2.99. The van der Waals surface area contributed by atoms with E-state index in [0.29, 0.717) is 12.4 Å². The highest BCUT2D eigenvalue weighted by molar-refractivity contribution is 8.00. The van der Waals surface area contributed by atoms with E-state index in [1.165, 1.54) is 11.8 Å². The highest BCUT2D eigenvalue weighted by atomic mass is 32.2. The van der Waals surface area contributed by atoms with Crippen LogP contribution in [0.15, 0.2) is 4.99 Å². The van der Waals surface area contributed by atoms with Gasteiger partial charge in [-0.05, 0) is 12.8 Å². The van der Waals surface area contributed by atoms with Crippen LogP contribution in [0, 0.1) is 38.9 Å². The standard InChI is InChI=1S/C15H20N4OS/c1-3-5-12(6-4-2)13(9-16)11(18)19-15(14(12,13)10-17)20-7-8-21-15/h3-8H2,1-2H3,(H2,18,19)/t13-,14+,15-/m1/s1. The van der Waals surface area contributed by atoms with Crippen LogP contribution in [0.4, 0.5) is 0 Å². The molecular weight excluding hydrogens is 284 g/mol. The molecule has 2 fully saturated rings. The number of amidine groups is 1. The van der Waals surface area contributed by atoms with Gasteiger partial charge in [-0.25, -0.2) is 4.99 Å². The van der Waals surface area contributed by atoms with E-state index in [1.807, 2.05) is 0 Å². The molecule has 0 radical (unpaired) electrons. The first-order chi connectivity index (χ1) is 10.1. The van der Waals surface area contributed by atoms with Crippen LogP contribution in [0.1, 0.15) is 39.5 Å². The molecule has 1 saturated heterocycles. The number of aliphatic imine (C=N–C) groups is 1. The lowest BCUT2D eigenvalue weighted by molar-refractivity contribution is 0.00517. The molecular formula is C15H20N4OS. The minimum absolute atomic E-state index is 0.308. The van der Waals surface area contributed by atoms with Crippen LogP contribution >= 0.6 is 11.8 Å². The lowest BCUT2D eigenvalue weighted by Gasteiger charge is -2.31. The van der Waals surface area contributed by atoms with Crippen LogP contribution in [0.3, 0.4) is 0 Å². The van der Waals surface area contributed by atoms with Gasteiger partial charge in [-0.15, -0.1) is 0 Å². The number of fused-ring (bicyclic) bond motifs is 2. The van der Waals surface area contributed by atoms with Crippen molar-refractivity contribution >= 4 is 17.6 Å². The van der Waals surface area contributed by atoms with Crippen molar-refractivity contribution in [3.05, 3.63) is 0 Å². The maximum absolute atomic E-state index is 10.1. The van der Waals surface area contributed by atoms with Crippen molar-refractivity contribution in [3.63, 3.8) is 0 Å². The molecule has 0 aromatic heterocycles. The van der Waals surface area contributed by atoms with E-state index in [4.69, 9.17) is 10.5 Å². The van der Waals surface area contributed by atoms with Gasteiger partial charge in [0.15, 0.2) is 5.41 Å². The molecule has 0 aromatic carbocycles. The summed E-state index contributed by atoms with van der Waals surface area (Å²) in [4.78, 5) is 4.49. The van der Waals surface area contributed by atoms with E-state index in [0.717, 1.165) is 31.4 Å². The molecule has 0 amide bonds. The second kappa shape index (κ2) is 4.38. The van der Waals surface area contributed by atoms with Crippen LogP contribution in [0.2, 0.25) is 0 Å². The normalized spacial score (nSPS) is 42.2. The van der Waals surface area contributed by atoms with E-state index in [1.54, 1.807) is 0 Å². The van der Waals surface area contributed by atoms with Gasteiger partial charge in [0.05, 0.1) is 18.7 Å². The Labute approximate surface area is 129 Å². The topological polar surface area (TPSA) is 95.2 Å². The Hall–Kier alpha value is -1.24. The van der Waals surface area contributed by atoms with E-state index >= 15 is 0 Å². The number of hydrogen-bond acceptors (Lipinski definition) is 6. The van der Waals surface area contributed by atoms with E-state index in [2.05, 4.69) is 31.0 Å². The third-order valence-electron chi connectivity index (χ3n) is 5.43. The maximum Gasteiger partial charge on any atom is 0.230 e. The van der Waals surface area contributed by atoms with Crippen molar-refractivity contribution < 1.29 is 4.74 Å². The summed E-state index contributed by atoms with van der Waals surface area (Å²) >= 11 is 1.53. The predicted octanol–water partition coefficient (Wildman–Crippen LogP) is 2.39. The molecule has 2 N–H and O–H groups in total. The monoisotopic (exact) mass is 304 g/mol. The van der Waals surface area contributed by atoms with Gasteiger partial charge in [0.25, 0.3) is 0 Å². The number of rotatable bonds is 4. The molecule has 0 bridgehead atoms. The van der Waals surface area contributed by atoms with Crippen LogP contribution in [-0.4, -0.2) is 23.3 Å². The average Bonchev–Trinajstić information content (AvgIpc) is 2.76. The van der Waals surface area contributed by atoms with Crippen molar-refractivity contribution in [2.45, 2.75) is 44.6 Å². The van der Waals surface area contributed by atoms with Crippen molar-refractivity contribution in [3.8, 4) is 12.1 Å². The number of thioether (sulfide) groups is 1. The van der Waals surface area contributed by atoms with Crippen LogP contribution in [0.25, 0.3) is 0 Å². The summed E-state index contributed by atoms with van der Waals surface area (Å²) in [5.41, 5.74) is 3.87. The van der Waals surface area contributed by atoms with Gasteiger partial charge in [0.1, 0.15) is 11.3 Å². The van der Waals surface area contributed by atoms with Gasteiger partial charge in [0, 0.05) is 11.2 Å². The van der Waals surface area contributed by atoms with E-state index in [-0.39, 0.29) is 0 Å². The molecule has 21 heavy (non-hydrogen) atoms. The summed E-state index contributed by atoms with van der Waals surface area (Å²) < 4.78 is 5.92. The molecule has 0 unspecified atom stereocenters. The third-order valence-corrected chi connectivity index (χ3v) is 6.71. The molecule has 3 aliphatic rings. The van der Waals surface area contributed by atoms with E-state index < -0.39 is 21.3 Å². The third kappa shape index (κ3) is 1.18. The van der Waals surface area contributed by atoms with Gasteiger partial charge in [0.2, 0.25) is 5.06 Å². The van der Waals surface area contributed by atoms with Crippen molar-refractivity contribution in [1.29, 1.82) is 10.5 Å². The summed E-state index contributed by atoms with van der Waals surface area (Å²) in [6.45, 7) is 4.73. The second-order valence-electron chi connectivity index (χ2n) is 6.08. The van der Waals surface area contributed by atoms with Gasteiger partial charge in [-0.2, -0.15) is 10.5 Å². The maximum atomic E-state index is 10.1. The number of nitrogens with two attached hydrogens (primary N) is 1. The first kappa shape index (κ1) is 14.7. The molecule has 1 aliphatic carbocycles. The molecule has 6 heteroatoms. The highest BCUT2D eigenvalue weighted by Crippen LogP contribution is 2.89. The Morgan fingerprint density at radius 3 is 2.38 bits per heavy atom. The van der Waals surface area contributed by atoms with Gasteiger partial charge < -0.3 is 10.5 Å². The van der Waals surface area contributed by atoms with Crippen molar-refractivity contribution in [1.82, 2.24) is 0 Å². The molecule has 2 heterocycles. The molecule has 1 saturated carbocycles. The quantitative estimate of drug-likeness (QED) is 0.860. The summed E-state index contributed by atoms with van der Waals surface area (Å²) in [7, 11) is 0. The zero-order valence-electron chi connectivity index (χ0n) is 12.5. The van der Waals surface area contributed by atoms with Crippen molar-refractivity contribution in [2.75, 3.05) is 12.4 Å². The predicted molar refractivity (Wildman–Crippen MR) is 81.1 cm³/mol. The minimum atomic E-state index is -0.974. The first-order valence-electron chi connectivity index (χ1n) is 7.54. The number of ether oxygens (including phenoxy) is 1. The van der Waals surface area contributed by atoms with Crippen molar-refractivity contribution in [2.24, 2.45) is 27.0 Å². The molecule has 3 rings (SSSR count). The molecule has 112 valence electrons. The Kier molecular flexibility index (Phi) is 3.06. The number of hydrogen-bond donors (Lipinski definition) is 1. The van der Waals surface area contributed by atoms with Gasteiger partial charge in [-0.3, -0.25) is 0 Å². The molecule has 1 spiro atoms. The Balaban J connectivity index is 2.23. The minimum Gasteiger partial charge on any atom is -0.386 e. The molecule has 0 aromatic rings. The second-order valence-corrected chi connectivity index (χ2v) is 7.33. The largest absolute Gasteiger partial charge is 0.386 e. The fourth-order valence-electron chi connectivity index (χ4n) is 4.92. The average molecular weight is 304 g/mol. The van der Waals surface area contributed by atoms with Gasteiger partial charge in [-0.1, -0.05) is 38.5 Å². The molecule has 3 atom stereocenters. The number of nitriles is 2. The van der Waals surface area contributed by atoms with Crippen LogP contribution < -0.4 is 5.73 Å². The summed E-state index contributed by atoms with van der Waals surface area (Å²) in [6, 6.07) is 4.86. The zero-order chi connectivity index (χ0) is 15.4. The van der Waals surface area contributed by atoms with E-state index in [9.17, 15) is 10.5 Å². The first-order valence-corrected chi connectivity index (χ1v) is 8.53. The lowest BCUT2D eigenvalue weighted by Crippen LogP contribution is -2.37. The summed E-state index contributed by atoms with van der Waals surface area (Å²) in [5.74, 6) is 1.10. The van der Waals surface area contributed by atoms with Crippen LogP contribution in [0.5, 0.6) is 0 Å². The lowest BCUT2D eigenvalue weighted by atomic mass is 9.82. The fourth-order valence-corrected chi connectivity index (χ4v) is 6.30. The Morgan fingerprint density at radius 1 is 1.29 bits per heavy atom. The SMILES string of the molecule is CCCC1(CCC)[C@]2(C#N)[C@@]3(N=C(N)[C@]12C#N)OCCS3. The van der Waals surface area contributed by atoms with Crippen LogP contribution in [-0.2, 0) is 4.74 Å². The Morgan fingerprint density at radius 2 is 1.95 bits per heavy atom. The molecule has 2 aliphatic heterocycles. The zero-order valence-corrected chi connectivity index (χ0v) is 13.3. The Bertz CT molecular complexity index is 577. The fraction of sp³-hybridized carbons (Fsp3) is 0.800. The summed E-state index contributed by atoms with van der Waals surface area (Å²) in [5, 5.41) is 19.0. The summed E-state index contributed by atoms with van der Waals surface area (Å²) in [6.07, 6.45) is 3.45.